The van der Waals surface area contributed by atoms with E-state index in [-0.39, 0.29) is 11.6 Å². The molecule has 2 rings (SSSR count). The molecule has 0 spiro atoms. The van der Waals surface area contributed by atoms with Crippen molar-refractivity contribution >= 4 is 34.0 Å². The highest BCUT2D eigenvalue weighted by Gasteiger charge is 2.31. The largest absolute Gasteiger partial charge is 0.366 e. The number of nitrogens with zero attached hydrogens (tertiary/aromatic N) is 2. The van der Waals surface area contributed by atoms with Crippen molar-refractivity contribution in [3.8, 4) is 0 Å². The first kappa shape index (κ1) is 16.0. The smallest absolute Gasteiger partial charge is 0.294 e. The number of thiol groups is 1. The molecule has 0 aliphatic carbocycles. The highest BCUT2D eigenvalue weighted by atomic mass is 35.5. The van der Waals surface area contributed by atoms with Crippen molar-refractivity contribution in [1.29, 1.82) is 0 Å². The van der Waals surface area contributed by atoms with Gasteiger partial charge in [0.25, 0.3) is 16.7 Å². The molecule has 1 fully saturated rings. The molecule has 0 saturated carbocycles. The van der Waals surface area contributed by atoms with Gasteiger partial charge in [-0.15, -0.1) is 0 Å². The fraction of sp³-hybridized carbons (Fsp3) is 0.500. The van der Waals surface area contributed by atoms with E-state index in [1.165, 1.54) is 6.07 Å². The highest BCUT2D eigenvalue weighted by molar-refractivity contribution is 7.67. The molecule has 1 aliphatic rings. The molecule has 7 nitrogen and oxygen atoms in total. The van der Waals surface area contributed by atoms with Gasteiger partial charge in [-0.25, -0.2) is 8.42 Å². The first-order chi connectivity index (χ1) is 9.88. The maximum atomic E-state index is 11.1. The second kappa shape index (κ2) is 6.59. The fourth-order valence-electron chi connectivity index (χ4n) is 2.52. The molecule has 2 unspecified atom stereocenters. The van der Waals surface area contributed by atoms with Crippen molar-refractivity contribution in [1.82, 2.24) is 0 Å². The van der Waals surface area contributed by atoms with E-state index in [1.54, 1.807) is 19.1 Å². The van der Waals surface area contributed by atoms with Crippen molar-refractivity contribution in [2.75, 3.05) is 18.0 Å². The molecule has 1 heterocycles. The number of anilines is 1. The summed E-state index contributed by atoms with van der Waals surface area (Å²) in [6.07, 6.45) is 0.270. The zero-order valence-corrected chi connectivity index (χ0v) is 12.9. The second-order valence-electron chi connectivity index (χ2n) is 4.92. The third-order valence-electron chi connectivity index (χ3n) is 3.62. The number of hydrogen-bond acceptors (Lipinski definition) is 6. The van der Waals surface area contributed by atoms with Crippen LogP contribution in [0.1, 0.15) is 13.3 Å². The van der Waals surface area contributed by atoms with Crippen molar-refractivity contribution in [2.24, 2.45) is 5.92 Å². The van der Waals surface area contributed by atoms with E-state index in [9.17, 15) is 18.5 Å². The van der Waals surface area contributed by atoms with Crippen LogP contribution in [0.5, 0.6) is 0 Å². The van der Waals surface area contributed by atoms with Crippen LogP contribution < -0.4 is 4.90 Å². The van der Waals surface area contributed by atoms with E-state index in [4.69, 9.17) is 15.8 Å². The lowest BCUT2D eigenvalue weighted by atomic mass is 10.0. The van der Waals surface area contributed by atoms with Crippen LogP contribution >= 0.6 is 11.6 Å². The Morgan fingerprint density at radius 1 is 1.52 bits per heavy atom. The Labute approximate surface area is 128 Å². The molecule has 1 aromatic carbocycles. The van der Waals surface area contributed by atoms with Crippen molar-refractivity contribution in [3.05, 3.63) is 33.3 Å². The first-order valence-corrected chi connectivity index (χ1v) is 7.86. The summed E-state index contributed by atoms with van der Waals surface area (Å²) in [4.78, 5) is 12.5. The van der Waals surface area contributed by atoms with Crippen LogP contribution in [0.15, 0.2) is 18.2 Å². The van der Waals surface area contributed by atoms with E-state index < -0.39 is 22.0 Å². The standard InChI is InChI=1S/C12H15ClN2O5S/c1-8(20-21(18)19)9-4-5-14(7-9)11-3-2-10(13)6-12(11)15(16)17/h2-3,6,8-9,21H,4-5,7H2,1H3. The van der Waals surface area contributed by atoms with E-state index in [2.05, 4.69) is 0 Å². The summed E-state index contributed by atoms with van der Waals surface area (Å²) in [5, 5.41) is 11.4. The number of halogens is 1. The minimum absolute atomic E-state index is 0.00758. The van der Waals surface area contributed by atoms with E-state index in [0.29, 0.717) is 30.2 Å². The average molecular weight is 335 g/mol. The Bertz CT molecular complexity index is 614. The lowest BCUT2D eigenvalue weighted by molar-refractivity contribution is -0.384. The van der Waals surface area contributed by atoms with Crippen molar-refractivity contribution < 1.29 is 17.5 Å². The maximum absolute atomic E-state index is 11.1. The van der Waals surface area contributed by atoms with E-state index >= 15 is 0 Å². The van der Waals surface area contributed by atoms with Gasteiger partial charge in [0.2, 0.25) is 0 Å². The van der Waals surface area contributed by atoms with Gasteiger partial charge in [0.15, 0.2) is 0 Å². The molecule has 0 aromatic heterocycles. The summed E-state index contributed by atoms with van der Waals surface area (Å²) in [7, 11) is -2.89. The van der Waals surface area contributed by atoms with E-state index in [1.807, 2.05) is 4.90 Å². The lowest BCUT2D eigenvalue weighted by Gasteiger charge is -2.20. The van der Waals surface area contributed by atoms with Crippen LogP contribution in [-0.2, 0) is 15.2 Å². The summed E-state index contributed by atoms with van der Waals surface area (Å²) in [5.41, 5.74) is 0.442. The molecule has 0 N–H and O–H groups in total. The molecule has 1 aliphatic heterocycles. The minimum Gasteiger partial charge on any atom is -0.366 e. The lowest BCUT2D eigenvalue weighted by Crippen LogP contribution is -2.26. The molecule has 9 heteroatoms. The summed E-state index contributed by atoms with van der Waals surface area (Å²) in [5.74, 6) is 0.00758. The summed E-state index contributed by atoms with van der Waals surface area (Å²) in [6.45, 7) is 2.80. The van der Waals surface area contributed by atoms with Crippen LogP contribution in [0.25, 0.3) is 0 Å². The maximum Gasteiger partial charge on any atom is 0.294 e. The Morgan fingerprint density at radius 3 is 2.86 bits per heavy atom. The average Bonchev–Trinajstić information content (AvgIpc) is 2.87. The zero-order chi connectivity index (χ0) is 15.6. The Morgan fingerprint density at radius 2 is 2.24 bits per heavy atom. The molecule has 21 heavy (non-hydrogen) atoms. The van der Waals surface area contributed by atoms with Gasteiger partial charge >= 0.3 is 0 Å². The molecule has 116 valence electrons. The minimum atomic E-state index is -2.89. The molecule has 1 saturated heterocycles. The van der Waals surface area contributed by atoms with Gasteiger partial charge in [0.1, 0.15) is 5.69 Å². The van der Waals surface area contributed by atoms with E-state index in [0.717, 1.165) is 0 Å². The normalized spacial score (nSPS) is 20.0. The predicted molar refractivity (Wildman–Crippen MR) is 79.3 cm³/mol. The summed E-state index contributed by atoms with van der Waals surface area (Å²) >= 11 is 5.79. The predicted octanol–water partition coefficient (Wildman–Crippen LogP) is 2.01. The molecule has 0 bridgehead atoms. The third kappa shape index (κ3) is 3.84. The summed E-state index contributed by atoms with van der Waals surface area (Å²) in [6, 6.07) is 4.53. The Hall–Kier alpha value is -1.38. The third-order valence-corrected chi connectivity index (χ3v) is 4.36. The number of hydrogen-bond donors (Lipinski definition) is 1. The fourth-order valence-corrected chi connectivity index (χ4v) is 3.13. The SMILES string of the molecule is CC(O[SH](=O)=O)C1CCN(c2ccc(Cl)cc2[N+](=O)[O-])C1. The van der Waals surface area contributed by atoms with Gasteiger partial charge in [0, 0.05) is 30.1 Å². The van der Waals surface area contributed by atoms with Gasteiger partial charge in [-0.2, -0.15) is 0 Å². The second-order valence-corrected chi connectivity index (χ2v) is 6.01. The molecular formula is C12H15ClN2O5S. The summed E-state index contributed by atoms with van der Waals surface area (Å²) < 4.78 is 26.0. The van der Waals surface area contributed by atoms with Gasteiger partial charge in [-0.1, -0.05) is 11.6 Å². The van der Waals surface area contributed by atoms with Crippen LogP contribution in [0.2, 0.25) is 5.02 Å². The van der Waals surface area contributed by atoms with Crippen molar-refractivity contribution in [3.63, 3.8) is 0 Å². The van der Waals surface area contributed by atoms with Gasteiger partial charge in [-0.05, 0) is 25.5 Å². The monoisotopic (exact) mass is 334 g/mol. The van der Waals surface area contributed by atoms with Crippen LogP contribution in [0.3, 0.4) is 0 Å². The van der Waals surface area contributed by atoms with Crippen LogP contribution in [-0.4, -0.2) is 32.5 Å². The highest BCUT2D eigenvalue weighted by Crippen LogP contribution is 2.35. The zero-order valence-electron chi connectivity index (χ0n) is 11.3. The Balaban J connectivity index is 2.16. The first-order valence-electron chi connectivity index (χ1n) is 6.38. The van der Waals surface area contributed by atoms with Gasteiger partial charge < -0.3 is 4.90 Å². The van der Waals surface area contributed by atoms with Crippen molar-refractivity contribution in [2.45, 2.75) is 19.4 Å². The Kier molecular flexibility index (Phi) is 5.02. The topological polar surface area (TPSA) is 89.8 Å². The molecular weight excluding hydrogens is 320 g/mol. The molecule has 2 atom stereocenters. The number of nitro groups is 1. The van der Waals surface area contributed by atoms with Gasteiger partial charge in [-0.3, -0.25) is 14.3 Å². The van der Waals surface area contributed by atoms with Gasteiger partial charge in [0.05, 0.1) is 11.0 Å². The molecule has 0 radical (unpaired) electrons. The number of benzene rings is 1. The molecule has 1 aromatic rings. The number of rotatable bonds is 5. The van der Waals surface area contributed by atoms with Crippen LogP contribution in [0, 0.1) is 16.0 Å². The molecule has 0 amide bonds. The quantitative estimate of drug-likeness (QED) is 0.503. The number of nitro benzene ring substituents is 1. The van der Waals surface area contributed by atoms with Crippen LogP contribution in [0.4, 0.5) is 11.4 Å².